The number of hydrogen-bond donors (Lipinski definition) is 1. The van der Waals surface area contributed by atoms with Crippen LogP contribution in [0.4, 0.5) is 5.82 Å². The first kappa shape index (κ1) is 15.3. The van der Waals surface area contributed by atoms with Crippen LogP contribution in [0.15, 0.2) is 61.2 Å². The third-order valence-electron chi connectivity index (χ3n) is 3.64. The maximum absolute atomic E-state index is 12.4. The second-order valence-electron chi connectivity index (χ2n) is 5.43. The van der Waals surface area contributed by atoms with Crippen LogP contribution < -0.4 is 5.32 Å². The number of nitrogens with one attached hydrogen (secondary N) is 1. The zero-order chi connectivity index (χ0) is 17.2. The summed E-state index contributed by atoms with van der Waals surface area (Å²) in [6.07, 6.45) is 6.64. The molecule has 3 aromatic heterocycles. The number of nitrogens with zero attached hydrogens (tertiary/aromatic N) is 5. The van der Waals surface area contributed by atoms with E-state index < -0.39 is 0 Å². The van der Waals surface area contributed by atoms with Gasteiger partial charge in [0.2, 0.25) is 0 Å². The molecule has 0 saturated carbocycles. The van der Waals surface area contributed by atoms with E-state index in [1.807, 2.05) is 24.3 Å². The van der Waals surface area contributed by atoms with Gasteiger partial charge >= 0.3 is 0 Å². The molecular weight excluding hydrogens is 340 g/mol. The summed E-state index contributed by atoms with van der Waals surface area (Å²) >= 11 is 5.99. The second kappa shape index (κ2) is 6.37. The quantitative estimate of drug-likeness (QED) is 0.612. The molecule has 25 heavy (non-hydrogen) atoms. The Bertz CT molecular complexity index is 1050. The fourth-order valence-electron chi connectivity index (χ4n) is 2.51. The van der Waals surface area contributed by atoms with E-state index in [1.165, 1.54) is 6.20 Å². The summed E-state index contributed by atoms with van der Waals surface area (Å²) in [5.74, 6) is 0.156. The summed E-state index contributed by atoms with van der Waals surface area (Å²) in [5.41, 5.74) is 1.92. The summed E-state index contributed by atoms with van der Waals surface area (Å²) in [4.78, 5) is 16.6. The molecular formula is C17H13ClN6O. The van der Waals surface area contributed by atoms with E-state index in [4.69, 9.17) is 11.6 Å². The van der Waals surface area contributed by atoms with Crippen LogP contribution in [0.5, 0.6) is 0 Å². The highest BCUT2D eigenvalue weighted by Gasteiger charge is 2.14. The van der Waals surface area contributed by atoms with E-state index in [1.54, 1.807) is 39.9 Å². The van der Waals surface area contributed by atoms with Crippen molar-refractivity contribution in [2.75, 3.05) is 5.32 Å². The van der Waals surface area contributed by atoms with Gasteiger partial charge in [-0.05, 0) is 23.8 Å². The minimum atomic E-state index is -0.304. The number of aromatic nitrogens is 5. The van der Waals surface area contributed by atoms with Gasteiger partial charge in [-0.3, -0.25) is 9.48 Å². The Morgan fingerprint density at radius 3 is 3.00 bits per heavy atom. The lowest BCUT2D eigenvalue weighted by atomic mass is 10.2. The molecule has 1 amide bonds. The molecule has 0 bridgehead atoms. The van der Waals surface area contributed by atoms with Crippen molar-refractivity contribution in [3.8, 4) is 0 Å². The van der Waals surface area contributed by atoms with Crippen molar-refractivity contribution in [1.29, 1.82) is 0 Å². The van der Waals surface area contributed by atoms with Gasteiger partial charge in [-0.2, -0.15) is 10.2 Å². The summed E-state index contributed by atoms with van der Waals surface area (Å²) in [6, 6.07) is 11.1. The highest BCUT2D eigenvalue weighted by atomic mass is 35.5. The smallest absolute Gasteiger partial charge is 0.262 e. The third kappa shape index (κ3) is 3.22. The Morgan fingerprint density at radius 2 is 2.12 bits per heavy atom. The Kier molecular flexibility index (Phi) is 3.91. The molecule has 1 N–H and O–H groups in total. The fraction of sp³-hybridized carbons (Fsp3) is 0.0588. The van der Waals surface area contributed by atoms with Gasteiger partial charge in [-0.1, -0.05) is 23.7 Å². The van der Waals surface area contributed by atoms with Gasteiger partial charge in [0.15, 0.2) is 11.5 Å². The monoisotopic (exact) mass is 352 g/mol. The molecule has 0 radical (unpaired) electrons. The van der Waals surface area contributed by atoms with Crippen LogP contribution in [-0.2, 0) is 6.54 Å². The Labute approximate surface area is 147 Å². The van der Waals surface area contributed by atoms with Crippen LogP contribution in [-0.4, -0.2) is 30.3 Å². The lowest BCUT2D eigenvalue weighted by molar-refractivity contribution is 0.102. The molecule has 4 aromatic rings. The van der Waals surface area contributed by atoms with Crippen molar-refractivity contribution in [2.45, 2.75) is 6.54 Å². The SMILES string of the molecule is O=C(Nc1ccn(Cc2cccc(Cl)c2)n1)c1cnn2cccnc12. The molecule has 0 aliphatic rings. The molecule has 1 aromatic carbocycles. The molecule has 7 nitrogen and oxygen atoms in total. The third-order valence-corrected chi connectivity index (χ3v) is 3.87. The van der Waals surface area contributed by atoms with Gasteiger partial charge in [0, 0.05) is 29.7 Å². The summed E-state index contributed by atoms with van der Waals surface area (Å²) < 4.78 is 3.28. The van der Waals surface area contributed by atoms with Gasteiger partial charge in [-0.25, -0.2) is 9.50 Å². The highest BCUT2D eigenvalue weighted by molar-refractivity contribution is 6.30. The highest BCUT2D eigenvalue weighted by Crippen LogP contribution is 2.14. The molecule has 8 heteroatoms. The van der Waals surface area contributed by atoms with Gasteiger partial charge < -0.3 is 5.32 Å². The van der Waals surface area contributed by atoms with Crippen molar-refractivity contribution in [1.82, 2.24) is 24.4 Å². The maximum atomic E-state index is 12.4. The molecule has 0 saturated heterocycles. The van der Waals surface area contributed by atoms with Gasteiger partial charge in [0.1, 0.15) is 5.56 Å². The molecule has 4 rings (SSSR count). The zero-order valence-electron chi connectivity index (χ0n) is 13.0. The topological polar surface area (TPSA) is 77.1 Å². The van der Waals surface area contributed by atoms with E-state index in [0.29, 0.717) is 28.6 Å². The minimum Gasteiger partial charge on any atom is -0.305 e. The van der Waals surface area contributed by atoms with Crippen molar-refractivity contribution >= 4 is 29.0 Å². The Hall–Kier alpha value is -3.19. The molecule has 0 spiro atoms. The average molecular weight is 353 g/mol. The summed E-state index contributed by atoms with van der Waals surface area (Å²) in [7, 11) is 0. The molecule has 0 aliphatic heterocycles. The number of hydrogen-bond acceptors (Lipinski definition) is 4. The lowest BCUT2D eigenvalue weighted by Crippen LogP contribution is -2.13. The number of carbonyl (C=O) groups excluding carboxylic acids is 1. The van der Waals surface area contributed by atoms with Crippen LogP contribution in [0.2, 0.25) is 5.02 Å². The first-order valence-electron chi connectivity index (χ1n) is 7.57. The number of rotatable bonds is 4. The van der Waals surface area contributed by atoms with Crippen LogP contribution in [0.3, 0.4) is 0 Å². The molecule has 0 unspecified atom stereocenters. The Morgan fingerprint density at radius 1 is 1.20 bits per heavy atom. The summed E-state index contributed by atoms with van der Waals surface area (Å²) in [5, 5.41) is 11.9. The predicted molar refractivity (Wildman–Crippen MR) is 93.7 cm³/mol. The van der Waals surface area contributed by atoms with Gasteiger partial charge in [0.05, 0.1) is 12.7 Å². The van der Waals surface area contributed by atoms with Crippen molar-refractivity contribution < 1.29 is 4.79 Å². The Balaban J connectivity index is 1.50. The number of anilines is 1. The number of fused-ring (bicyclic) bond motifs is 1. The number of carbonyl (C=O) groups is 1. The standard InChI is InChI=1S/C17H13ClN6O/c18-13-4-1-3-12(9-13)11-23-8-5-15(22-23)21-17(25)14-10-20-24-7-2-6-19-16(14)24/h1-10H,11H2,(H,21,22,25). The van der Waals surface area contributed by atoms with E-state index >= 15 is 0 Å². The van der Waals surface area contributed by atoms with E-state index in [9.17, 15) is 4.79 Å². The number of amides is 1. The fourth-order valence-corrected chi connectivity index (χ4v) is 2.72. The van der Waals surface area contributed by atoms with Crippen molar-refractivity contribution in [3.63, 3.8) is 0 Å². The number of benzene rings is 1. The van der Waals surface area contributed by atoms with Crippen molar-refractivity contribution in [2.24, 2.45) is 0 Å². The number of halogens is 1. The predicted octanol–water partition coefficient (Wildman–Crippen LogP) is 2.88. The summed E-state index contributed by atoms with van der Waals surface area (Å²) in [6.45, 7) is 0.564. The molecule has 0 aliphatic carbocycles. The first-order chi connectivity index (χ1) is 12.2. The van der Waals surface area contributed by atoms with E-state index in [0.717, 1.165) is 5.56 Å². The first-order valence-corrected chi connectivity index (χ1v) is 7.94. The average Bonchev–Trinajstić information content (AvgIpc) is 3.21. The second-order valence-corrected chi connectivity index (χ2v) is 5.87. The minimum absolute atomic E-state index is 0.304. The molecule has 0 fully saturated rings. The maximum Gasteiger partial charge on any atom is 0.262 e. The van der Waals surface area contributed by atoms with Crippen LogP contribution in [0.1, 0.15) is 15.9 Å². The van der Waals surface area contributed by atoms with Gasteiger partial charge in [-0.15, -0.1) is 0 Å². The van der Waals surface area contributed by atoms with E-state index in [2.05, 4.69) is 20.5 Å². The van der Waals surface area contributed by atoms with Crippen molar-refractivity contribution in [3.05, 3.63) is 77.3 Å². The molecule has 0 atom stereocenters. The van der Waals surface area contributed by atoms with Crippen LogP contribution >= 0.6 is 11.6 Å². The van der Waals surface area contributed by atoms with Crippen LogP contribution in [0, 0.1) is 0 Å². The zero-order valence-corrected chi connectivity index (χ0v) is 13.8. The normalized spacial score (nSPS) is 10.9. The molecule has 3 heterocycles. The largest absolute Gasteiger partial charge is 0.305 e. The molecule has 124 valence electrons. The lowest BCUT2D eigenvalue weighted by Gasteiger charge is -2.03. The van der Waals surface area contributed by atoms with Crippen LogP contribution in [0.25, 0.3) is 5.65 Å². The van der Waals surface area contributed by atoms with E-state index in [-0.39, 0.29) is 5.91 Å². The van der Waals surface area contributed by atoms with Gasteiger partial charge in [0.25, 0.3) is 5.91 Å².